The zero-order valence-corrected chi connectivity index (χ0v) is 8.63. The highest BCUT2D eigenvalue weighted by Gasteiger charge is 2.09. The van der Waals surface area contributed by atoms with Gasteiger partial charge in [-0.25, -0.2) is 0 Å². The van der Waals surface area contributed by atoms with Crippen molar-refractivity contribution >= 4 is 0 Å². The van der Waals surface area contributed by atoms with E-state index in [0.717, 1.165) is 33.0 Å². The van der Waals surface area contributed by atoms with Crippen LogP contribution in [0.1, 0.15) is 19.8 Å². The first-order valence-corrected chi connectivity index (χ1v) is 5.31. The Morgan fingerprint density at radius 3 is 2.38 bits per heavy atom. The average molecular weight is 187 g/mol. The highest BCUT2D eigenvalue weighted by molar-refractivity contribution is 4.64. The van der Waals surface area contributed by atoms with Crippen LogP contribution in [0.25, 0.3) is 0 Å². The third-order valence-electron chi connectivity index (χ3n) is 2.33. The molecule has 0 atom stereocenters. The highest BCUT2D eigenvalue weighted by Crippen LogP contribution is 2.05. The second-order valence-corrected chi connectivity index (χ2v) is 3.36. The van der Waals surface area contributed by atoms with Crippen LogP contribution >= 0.6 is 0 Å². The molecule has 0 aromatic heterocycles. The van der Waals surface area contributed by atoms with Gasteiger partial charge in [0.05, 0.1) is 19.8 Å². The summed E-state index contributed by atoms with van der Waals surface area (Å²) in [5.74, 6) is 0. The van der Waals surface area contributed by atoms with Gasteiger partial charge in [0.15, 0.2) is 0 Å². The van der Waals surface area contributed by atoms with Crippen molar-refractivity contribution in [3.05, 3.63) is 0 Å². The molecule has 0 aromatic rings. The van der Waals surface area contributed by atoms with Crippen molar-refractivity contribution in [2.45, 2.75) is 19.8 Å². The summed E-state index contributed by atoms with van der Waals surface area (Å²) in [6.07, 6.45) is 2.72. The zero-order valence-electron chi connectivity index (χ0n) is 8.63. The van der Waals surface area contributed by atoms with E-state index < -0.39 is 0 Å². The molecule has 0 aromatic carbocycles. The molecule has 3 heteroatoms. The first-order chi connectivity index (χ1) is 6.43. The second kappa shape index (κ2) is 7.30. The zero-order chi connectivity index (χ0) is 9.36. The van der Waals surface area contributed by atoms with Crippen molar-refractivity contribution in [3.63, 3.8) is 0 Å². The highest BCUT2D eigenvalue weighted by atomic mass is 16.5. The maximum atomic E-state index is 5.43. The summed E-state index contributed by atoms with van der Waals surface area (Å²) in [5.41, 5.74) is 0. The van der Waals surface area contributed by atoms with E-state index in [4.69, 9.17) is 9.47 Å². The molecule has 1 rings (SSSR count). The van der Waals surface area contributed by atoms with Gasteiger partial charge in [-0.15, -0.1) is 0 Å². The molecule has 0 bridgehead atoms. The van der Waals surface area contributed by atoms with Gasteiger partial charge < -0.3 is 14.4 Å². The predicted octanol–water partition coefficient (Wildman–Crippen LogP) is 1.14. The van der Waals surface area contributed by atoms with Gasteiger partial charge in [-0.2, -0.15) is 0 Å². The molecule has 1 fully saturated rings. The number of hydrogen-bond acceptors (Lipinski definition) is 3. The van der Waals surface area contributed by atoms with E-state index in [2.05, 4.69) is 4.90 Å². The van der Waals surface area contributed by atoms with Gasteiger partial charge in [0, 0.05) is 13.2 Å². The second-order valence-electron chi connectivity index (χ2n) is 3.36. The monoisotopic (exact) mass is 187 g/mol. The summed E-state index contributed by atoms with van der Waals surface area (Å²) in [7, 11) is 0. The fraction of sp³-hybridized carbons (Fsp3) is 1.00. The Morgan fingerprint density at radius 2 is 1.69 bits per heavy atom. The maximum absolute atomic E-state index is 5.43. The molecular weight excluding hydrogens is 166 g/mol. The Balaban J connectivity index is 1.78. The average Bonchev–Trinajstić information content (AvgIpc) is 2.63. The van der Waals surface area contributed by atoms with Gasteiger partial charge >= 0.3 is 0 Å². The van der Waals surface area contributed by atoms with Crippen LogP contribution in [-0.2, 0) is 9.47 Å². The van der Waals surface area contributed by atoms with Gasteiger partial charge in [-0.3, -0.25) is 0 Å². The molecule has 1 saturated heterocycles. The lowest BCUT2D eigenvalue weighted by Gasteiger charge is -2.14. The summed E-state index contributed by atoms with van der Waals surface area (Å²) < 4.78 is 10.6. The number of nitrogens with zero attached hydrogens (tertiary/aromatic N) is 1. The molecule has 0 spiro atoms. The number of likely N-dealkylation sites (tertiary alicyclic amines) is 1. The standard InChI is InChI=1S/C10H21NO2/c1-2-12-9-10-13-8-7-11-5-3-4-6-11/h2-10H2,1H3. The van der Waals surface area contributed by atoms with Crippen molar-refractivity contribution in [2.24, 2.45) is 0 Å². The first kappa shape index (κ1) is 11.0. The maximum Gasteiger partial charge on any atom is 0.0701 e. The van der Waals surface area contributed by atoms with Crippen molar-refractivity contribution in [2.75, 3.05) is 46.1 Å². The van der Waals surface area contributed by atoms with E-state index in [9.17, 15) is 0 Å². The number of ether oxygens (including phenoxy) is 2. The summed E-state index contributed by atoms with van der Waals surface area (Å²) >= 11 is 0. The normalized spacial score (nSPS) is 18.2. The molecule has 13 heavy (non-hydrogen) atoms. The van der Waals surface area contributed by atoms with Crippen LogP contribution in [0.3, 0.4) is 0 Å². The molecule has 3 nitrogen and oxygen atoms in total. The van der Waals surface area contributed by atoms with Gasteiger partial charge in [0.25, 0.3) is 0 Å². The first-order valence-electron chi connectivity index (χ1n) is 5.31. The van der Waals surface area contributed by atoms with Crippen LogP contribution in [0.15, 0.2) is 0 Å². The van der Waals surface area contributed by atoms with Crippen LogP contribution in [0.4, 0.5) is 0 Å². The Hall–Kier alpha value is -0.120. The Bertz CT molecular complexity index is 113. The largest absolute Gasteiger partial charge is 0.379 e. The molecule has 78 valence electrons. The van der Waals surface area contributed by atoms with Gasteiger partial charge in [0.2, 0.25) is 0 Å². The predicted molar refractivity (Wildman–Crippen MR) is 53.0 cm³/mol. The third kappa shape index (κ3) is 5.24. The Morgan fingerprint density at radius 1 is 1.00 bits per heavy atom. The lowest BCUT2D eigenvalue weighted by atomic mass is 10.4. The van der Waals surface area contributed by atoms with E-state index in [0.29, 0.717) is 0 Å². The topological polar surface area (TPSA) is 21.7 Å². The Kier molecular flexibility index (Phi) is 6.15. The van der Waals surface area contributed by atoms with Crippen LogP contribution in [0, 0.1) is 0 Å². The molecular formula is C10H21NO2. The van der Waals surface area contributed by atoms with Crippen LogP contribution in [-0.4, -0.2) is 51.0 Å². The minimum absolute atomic E-state index is 0.733. The summed E-state index contributed by atoms with van der Waals surface area (Å²) in [6.45, 7) is 8.72. The van der Waals surface area contributed by atoms with Crippen LogP contribution in [0.2, 0.25) is 0 Å². The van der Waals surface area contributed by atoms with Gasteiger partial charge in [-0.1, -0.05) is 0 Å². The van der Waals surface area contributed by atoms with Crippen molar-refractivity contribution in [1.82, 2.24) is 4.90 Å². The Labute approximate surface area is 81.0 Å². The molecule has 0 unspecified atom stereocenters. The lowest BCUT2D eigenvalue weighted by molar-refractivity contribution is 0.0452. The number of rotatable bonds is 7. The van der Waals surface area contributed by atoms with E-state index in [1.54, 1.807) is 0 Å². The third-order valence-corrected chi connectivity index (χ3v) is 2.33. The van der Waals surface area contributed by atoms with E-state index in [-0.39, 0.29) is 0 Å². The summed E-state index contributed by atoms with van der Waals surface area (Å²) in [6, 6.07) is 0. The fourth-order valence-corrected chi connectivity index (χ4v) is 1.56. The molecule has 1 heterocycles. The quantitative estimate of drug-likeness (QED) is 0.558. The number of hydrogen-bond donors (Lipinski definition) is 0. The fourth-order valence-electron chi connectivity index (χ4n) is 1.56. The molecule has 0 amide bonds. The molecule has 1 aliphatic rings. The van der Waals surface area contributed by atoms with E-state index >= 15 is 0 Å². The molecule has 0 saturated carbocycles. The van der Waals surface area contributed by atoms with Gasteiger partial charge in [0.1, 0.15) is 0 Å². The summed E-state index contributed by atoms with van der Waals surface area (Å²) in [5, 5.41) is 0. The van der Waals surface area contributed by atoms with E-state index in [1.807, 2.05) is 6.92 Å². The SMILES string of the molecule is CCOCCOCCN1CCCC1. The minimum Gasteiger partial charge on any atom is -0.379 e. The molecule has 1 aliphatic heterocycles. The lowest BCUT2D eigenvalue weighted by Crippen LogP contribution is -2.24. The van der Waals surface area contributed by atoms with Crippen molar-refractivity contribution in [3.8, 4) is 0 Å². The van der Waals surface area contributed by atoms with Crippen molar-refractivity contribution < 1.29 is 9.47 Å². The molecule has 0 N–H and O–H groups in total. The van der Waals surface area contributed by atoms with Crippen LogP contribution < -0.4 is 0 Å². The molecule has 0 aliphatic carbocycles. The van der Waals surface area contributed by atoms with Gasteiger partial charge in [-0.05, 0) is 32.9 Å². The van der Waals surface area contributed by atoms with Crippen LogP contribution in [0.5, 0.6) is 0 Å². The molecule has 0 radical (unpaired) electrons. The summed E-state index contributed by atoms with van der Waals surface area (Å²) in [4.78, 5) is 2.46. The smallest absolute Gasteiger partial charge is 0.0701 e. The minimum atomic E-state index is 0.733. The van der Waals surface area contributed by atoms with Crippen molar-refractivity contribution in [1.29, 1.82) is 0 Å². The van der Waals surface area contributed by atoms with E-state index in [1.165, 1.54) is 25.9 Å².